The highest BCUT2D eigenvalue weighted by Crippen LogP contribution is 2.29. The van der Waals surface area contributed by atoms with Crippen molar-refractivity contribution in [2.24, 2.45) is 0 Å². The van der Waals surface area contributed by atoms with E-state index in [0.29, 0.717) is 56.9 Å². The van der Waals surface area contributed by atoms with Crippen LogP contribution in [0, 0.1) is 0 Å². The third-order valence-electron chi connectivity index (χ3n) is 5.54. The molecule has 0 aliphatic heterocycles. The van der Waals surface area contributed by atoms with Crippen molar-refractivity contribution in [1.29, 1.82) is 0 Å². The Balaban J connectivity index is 2.16. The van der Waals surface area contributed by atoms with Crippen LogP contribution < -0.4 is 14.8 Å². The summed E-state index contributed by atoms with van der Waals surface area (Å²) in [5, 5.41) is 2.98. The van der Waals surface area contributed by atoms with Gasteiger partial charge in [-0.05, 0) is 70.2 Å². The summed E-state index contributed by atoms with van der Waals surface area (Å²) in [5.41, 5.74) is 2.15. The van der Waals surface area contributed by atoms with Gasteiger partial charge in [0.15, 0.2) is 11.5 Å². The van der Waals surface area contributed by atoms with E-state index in [-0.39, 0.29) is 17.9 Å². The molecule has 0 spiro atoms. The van der Waals surface area contributed by atoms with Crippen LogP contribution in [0.4, 0.5) is 0 Å². The zero-order valence-electron chi connectivity index (χ0n) is 21.3. The fourth-order valence-corrected chi connectivity index (χ4v) is 3.92. The van der Waals surface area contributed by atoms with Crippen LogP contribution in [-0.4, -0.2) is 48.6 Å². The number of carbonyl (C=O) groups is 2. The van der Waals surface area contributed by atoms with Gasteiger partial charge in [0.05, 0.1) is 13.2 Å². The maximum Gasteiger partial charge on any atom is 0.242 e. The first-order valence-electron chi connectivity index (χ1n) is 12.4. The van der Waals surface area contributed by atoms with Crippen LogP contribution in [0.3, 0.4) is 0 Å². The van der Waals surface area contributed by atoms with Gasteiger partial charge < -0.3 is 19.7 Å². The molecule has 6 heteroatoms. The highest BCUT2D eigenvalue weighted by atomic mass is 16.5. The number of aryl methyl sites for hydroxylation is 1. The minimum atomic E-state index is -0.488. The summed E-state index contributed by atoms with van der Waals surface area (Å²) in [7, 11) is 0. The van der Waals surface area contributed by atoms with Gasteiger partial charge in [-0.2, -0.15) is 0 Å². The van der Waals surface area contributed by atoms with E-state index in [1.165, 1.54) is 0 Å². The van der Waals surface area contributed by atoms with Gasteiger partial charge in [-0.3, -0.25) is 9.59 Å². The highest BCUT2D eigenvalue weighted by molar-refractivity contribution is 5.87. The SMILES string of the molecule is CCOc1ccc(CCC(=O)N(CCc2ccccc2)[C@@H](CC)C(=O)NC(C)C)cc1OCC. The highest BCUT2D eigenvalue weighted by Gasteiger charge is 2.28. The molecule has 0 aliphatic carbocycles. The normalized spacial score (nSPS) is 11.7. The van der Waals surface area contributed by atoms with E-state index in [9.17, 15) is 9.59 Å². The summed E-state index contributed by atoms with van der Waals surface area (Å²) in [6, 6.07) is 15.4. The summed E-state index contributed by atoms with van der Waals surface area (Å²) in [6.45, 7) is 11.3. The molecule has 0 radical (unpaired) electrons. The Morgan fingerprint density at radius 3 is 2.18 bits per heavy atom. The number of ether oxygens (including phenoxy) is 2. The Morgan fingerprint density at radius 2 is 1.56 bits per heavy atom. The van der Waals surface area contributed by atoms with Gasteiger partial charge in [-0.25, -0.2) is 0 Å². The molecule has 0 saturated heterocycles. The first-order chi connectivity index (χ1) is 16.4. The van der Waals surface area contributed by atoms with Crippen LogP contribution in [0.5, 0.6) is 11.5 Å². The van der Waals surface area contributed by atoms with E-state index in [4.69, 9.17) is 9.47 Å². The van der Waals surface area contributed by atoms with Gasteiger partial charge in [0.1, 0.15) is 6.04 Å². The second-order valence-corrected chi connectivity index (χ2v) is 8.56. The van der Waals surface area contributed by atoms with E-state index in [1.807, 2.05) is 83.1 Å². The molecule has 186 valence electrons. The largest absolute Gasteiger partial charge is 0.490 e. The molecule has 0 unspecified atom stereocenters. The fraction of sp³-hybridized carbons (Fsp3) is 0.500. The number of carbonyl (C=O) groups excluding carboxylic acids is 2. The minimum absolute atomic E-state index is 0.0199. The van der Waals surface area contributed by atoms with E-state index in [0.717, 1.165) is 11.1 Å². The smallest absolute Gasteiger partial charge is 0.242 e. The molecular weight excluding hydrogens is 428 g/mol. The summed E-state index contributed by atoms with van der Waals surface area (Å²) < 4.78 is 11.4. The Labute approximate surface area is 204 Å². The molecule has 2 aromatic rings. The zero-order chi connectivity index (χ0) is 24.9. The quantitative estimate of drug-likeness (QED) is 0.433. The number of nitrogens with zero attached hydrogens (tertiary/aromatic N) is 1. The molecule has 1 atom stereocenters. The first-order valence-corrected chi connectivity index (χ1v) is 12.4. The molecule has 2 amide bonds. The van der Waals surface area contributed by atoms with Crippen LogP contribution in [0.2, 0.25) is 0 Å². The maximum atomic E-state index is 13.4. The monoisotopic (exact) mass is 468 g/mol. The summed E-state index contributed by atoms with van der Waals surface area (Å²) in [4.78, 5) is 28.0. The lowest BCUT2D eigenvalue weighted by molar-refractivity contribution is -0.140. The molecule has 34 heavy (non-hydrogen) atoms. The van der Waals surface area contributed by atoms with Gasteiger partial charge in [0.25, 0.3) is 0 Å². The molecule has 0 fully saturated rings. The molecule has 2 aromatic carbocycles. The third-order valence-corrected chi connectivity index (χ3v) is 5.54. The van der Waals surface area contributed by atoms with Crippen molar-refractivity contribution >= 4 is 11.8 Å². The number of hydrogen-bond acceptors (Lipinski definition) is 4. The van der Waals surface area contributed by atoms with Crippen LogP contribution in [-0.2, 0) is 22.4 Å². The van der Waals surface area contributed by atoms with Gasteiger partial charge in [-0.15, -0.1) is 0 Å². The lowest BCUT2D eigenvalue weighted by Gasteiger charge is -2.31. The molecule has 2 rings (SSSR count). The van der Waals surface area contributed by atoms with Crippen LogP contribution >= 0.6 is 0 Å². The topological polar surface area (TPSA) is 67.9 Å². The second kappa shape index (κ2) is 14.3. The predicted molar refractivity (Wildman–Crippen MR) is 136 cm³/mol. The molecule has 6 nitrogen and oxygen atoms in total. The standard InChI is InChI=1S/C28H40N2O4/c1-6-24(28(32)29-21(4)5)30(19-18-22-12-10-9-11-13-22)27(31)17-15-23-14-16-25(33-7-2)26(20-23)34-8-3/h9-14,16,20-21,24H,6-8,15,17-19H2,1-5H3,(H,29,32)/t24-/m0/s1. The Bertz CT molecular complexity index is 899. The van der Waals surface area contributed by atoms with Crippen molar-refractivity contribution in [3.8, 4) is 11.5 Å². The van der Waals surface area contributed by atoms with E-state index < -0.39 is 6.04 Å². The Kier molecular flexibility index (Phi) is 11.4. The lowest BCUT2D eigenvalue weighted by Crippen LogP contribution is -2.51. The molecule has 0 heterocycles. The van der Waals surface area contributed by atoms with E-state index in [1.54, 1.807) is 4.90 Å². The van der Waals surface area contributed by atoms with E-state index >= 15 is 0 Å². The molecule has 0 bridgehead atoms. The average Bonchev–Trinajstić information content (AvgIpc) is 2.82. The van der Waals surface area contributed by atoms with Crippen LogP contribution in [0.15, 0.2) is 48.5 Å². The number of benzene rings is 2. The summed E-state index contributed by atoms with van der Waals surface area (Å²) in [5.74, 6) is 1.28. The molecule has 0 aromatic heterocycles. The van der Waals surface area contributed by atoms with Gasteiger partial charge >= 0.3 is 0 Å². The zero-order valence-corrected chi connectivity index (χ0v) is 21.3. The van der Waals surface area contributed by atoms with Gasteiger partial charge in [0, 0.05) is 19.0 Å². The summed E-state index contributed by atoms with van der Waals surface area (Å²) in [6.07, 6.45) is 2.15. The van der Waals surface area contributed by atoms with Gasteiger partial charge in [0.2, 0.25) is 11.8 Å². The van der Waals surface area contributed by atoms with Crippen molar-refractivity contribution < 1.29 is 19.1 Å². The predicted octanol–water partition coefficient (Wildman–Crippen LogP) is 4.79. The Morgan fingerprint density at radius 1 is 0.882 bits per heavy atom. The van der Waals surface area contributed by atoms with Crippen molar-refractivity contribution in [3.05, 3.63) is 59.7 Å². The van der Waals surface area contributed by atoms with Crippen LogP contribution in [0.1, 0.15) is 58.6 Å². The number of rotatable bonds is 14. The first kappa shape index (κ1) is 27.2. The number of amides is 2. The number of nitrogens with one attached hydrogen (secondary N) is 1. The van der Waals surface area contributed by atoms with Crippen molar-refractivity contribution in [2.45, 2.75) is 72.4 Å². The summed E-state index contributed by atoms with van der Waals surface area (Å²) >= 11 is 0. The number of hydrogen-bond donors (Lipinski definition) is 1. The van der Waals surface area contributed by atoms with Crippen molar-refractivity contribution in [2.75, 3.05) is 19.8 Å². The van der Waals surface area contributed by atoms with Crippen LogP contribution in [0.25, 0.3) is 0 Å². The lowest BCUT2D eigenvalue weighted by atomic mass is 10.1. The molecule has 0 saturated carbocycles. The second-order valence-electron chi connectivity index (χ2n) is 8.56. The fourth-order valence-electron chi connectivity index (χ4n) is 3.92. The third kappa shape index (κ3) is 8.40. The van der Waals surface area contributed by atoms with Crippen molar-refractivity contribution in [1.82, 2.24) is 10.2 Å². The molecule has 1 N–H and O–H groups in total. The Hall–Kier alpha value is -3.02. The van der Waals surface area contributed by atoms with Gasteiger partial charge in [-0.1, -0.05) is 43.3 Å². The average molecular weight is 469 g/mol. The minimum Gasteiger partial charge on any atom is -0.490 e. The molecule has 0 aliphatic rings. The van der Waals surface area contributed by atoms with Crippen molar-refractivity contribution in [3.63, 3.8) is 0 Å². The van der Waals surface area contributed by atoms with E-state index in [2.05, 4.69) is 5.32 Å². The molecular formula is C28H40N2O4. The maximum absolute atomic E-state index is 13.4.